The summed E-state index contributed by atoms with van der Waals surface area (Å²) < 4.78 is 5.47. The minimum absolute atomic E-state index is 0.227. The number of ether oxygens (including phenoxy) is 1. The summed E-state index contributed by atoms with van der Waals surface area (Å²) in [6, 6.07) is 12.7. The second-order valence-corrected chi connectivity index (χ2v) is 4.31. The van der Waals surface area contributed by atoms with Crippen LogP contribution >= 0.6 is 0 Å². The maximum atomic E-state index is 11.6. The molecule has 0 aromatic heterocycles. The van der Waals surface area contributed by atoms with Gasteiger partial charge in [0.15, 0.2) is 6.61 Å². The van der Waals surface area contributed by atoms with E-state index in [1.165, 1.54) is 6.08 Å². The highest BCUT2D eigenvalue weighted by Crippen LogP contribution is 2.24. The molecule has 0 heterocycles. The summed E-state index contributed by atoms with van der Waals surface area (Å²) in [5.74, 6) is 0.0965. The normalized spacial score (nSPS) is 9.90. The fraction of sp³-hybridized carbons (Fsp3) is 0.125. The van der Waals surface area contributed by atoms with Gasteiger partial charge in [0.25, 0.3) is 5.91 Å². The van der Waals surface area contributed by atoms with Crippen molar-refractivity contribution >= 4 is 22.7 Å². The molecule has 0 bridgehead atoms. The number of nitrogens with one attached hydrogen (secondary N) is 2. The molecule has 2 aromatic rings. The van der Waals surface area contributed by atoms with Crippen LogP contribution < -0.4 is 15.4 Å². The van der Waals surface area contributed by atoms with E-state index in [-0.39, 0.29) is 6.61 Å². The van der Waals surface area contributed by atoms with Crippen LogP contribution in [0.25, 0.3) is 10.8 Å². The first-order valence-corrected chi connectivity index (χ1v) is 6.50. The van der Waals surface area contributed by atoms with E-state index < -0.39 is 11.9 Å². The molecule has 0 atom stereocenters. The van der Waals surface area contributed by atoms with Crippen molar-refractivity contribution in [1.29, 1.82) is 0 Å². The van der Waals surface area contributed by atoms with Gasteiger partial charge in [-0.25, -0.2) is 4.79 Å². The van der Waals surface area contributed by atoms with Crippen LogP contribution in [0.1, 0.15) is 0 Å². The number of rotatable bonds is 5. The predicted octanol–water partition coefficient (Wildman–Crippen LogP) is 2.23. The number of benzene rings is 2. The van der Waals surface area contributed by atoms with Gasteiger partial charge < -0.3 is 10.1 Å². The SMILES string of the molecule is C=CCNC(=O)NC(=O)COc1cccc2ccccc12. The van der Waals surface area contributed by atoms with Crippen molar-refractivity contribution in [3.05, 3.63) is 55.1 Å². The molecule has 0 aliphatic rings. The molecule has 2 aromatic carbocycles. The summed E-state index contributed by atoms with van der Waals surface area (Å²) in [6.45, 7) is 3.53. The predicted molar refractivity (Wildman–Crippen MR) is 81.2 cm³/mol. The van der Waals surface area contributed by atoms with Crippen molar-refractivity contribution < 1.29 is 14.3 Å². The monoisotopic (exact) mass is 284 g/mol. The van der Waals surface area contributed by atoms with Crippen molar-refractivity contribution in [2.24, 2.45) is 0 Å². The number of carbonyl (C=O) groups excluding carboxylic acids is 2. The maximum absolute atomic E-state index is 11.6. The highest BCUT2D eigenvalue weighted by Gasteiger charge is 2.08. The molecule has 2 N–H and O–H groups in total. The molecular weight excluding hydrogens is 268 g/mol. The molecule has 2 rings (SSSR count). The molecule has 0 saturated carbocycles. The number of fused-ring (bicyclic) bond motifs is 1. The first-order valence-electron chi connectivity index (χ1n) is 6.50. The second-order valence-electron chi connectivity index (χ2n) is 4.31. The number of amides is 3. The lowest BCUT2D eigenvalue weighted by molar-refractivity contribution is -0.121. The molecule has 0 fully saturated rings. The Bertz CT molecular complexity index is 662. The van der Waals surface area contributed by atoms with Gasteiger partial charge in [-0.1, -0.05) is 42.5 Å². The van der Waals surface area contributed by atoms with Gasteiger partial charge in [0.2, 0.25) is 0 Å². The van der Waals surface area contributed by atoms with Gasteiger partial charge in [-0.2, -0.15) is 0 Å². The van der Waals surface area contributed by atoms with Crippen LogP contribution in [0.2, 0.25) is 0 Å². The van der Waals surface area contributed by atoms with E-state index in [0.29, 0.717) is 12.3 Å². The van der Waals surface area contributed by atoms with Crippen molar-refractivity contribution in [2.75, 3.05) is 13.2 Å². The summed E-state index contributed by atoms with van der Waals surface area (Å²) in [7, 11) is 0. The zero-order valence-corrected chi connectivity index (χ0v) is 11.5. The van der Waals surface area contributed by atoms with Crippen LogP contribution in [0.4, 0.5) is 4.79 Å². The molecule has 21 heavy (non-hydrogen) atoms. The van der Waals surface area contributed by atoms with Crippen molar-refractivity contribution in [3.63, 3.8) is 0 Å². The molecule has 5 heteroatoms. The van der Waals surface area contributed by atoms with E-state index in [1.54, 1.807) is 6.07 Å². The quantitative estimate of drug-likeness (QED) is 0.827. The molecule has 0 radical (unpaired) electrons. The second kappa shape index (κ2) is 7.09. The first kappa shape index (κ1) is 14.6. The molecule has 3 amide bonds. The van der Waals surface area contributed by atoms with Gasteiger partial charge in [0.1, 0.15) is 5.75 Å². The molecular formula is C16H16N2O3. The molecule has 5 nitrogen and oxygen atoms in total. The Morgan fingerprint density at radius 3 is 2.71 bits per heavy atom. The lowest BCUT2D eigenvalue weighted by atomic mass is 10.1. The minimum atomic E-state index is -0.568. The zero-order chi connectivity index (χ0) is 15.1. The Kier molecular flexibility index (Phi) is 4.93. The number of hydrogen-bond acceptors (Lipinski definition) is 3. The van der Waals surface area contributed by atoms with Crippen molar-refractivity contribution in [1.82, 2.24) is 10.6 Å². The zero-order valence-electron chi connectivity index (χ0n) is 11.5. The molecule has 0 aliphatic heterocycles. The van der Waals surface area contributed by atoms with Crippen LogP contribution in [0, 0.1) is 0 Å². The van der Waals surface area contributed by atoms with Crippen LogP contribution in [-0.4, -0.2) is 25.1 Å². The minimum Gasteiger partial charge on any atom is -0.483 e. The van der Waals surface area contributed by atoms with E-state index in [1.807, 2.05) is 36.4 Å². The lowest BCUT2D eigenvalue weighted by Crippen LogP contribution is -2.41. The lowest BCUT2D eigenvalue weighted by Gasteiger charge is -2.09. The summed E-state index contributed by atoms with van der Waals surface area (Å²) in [4.78, 5) is 22.9. The average molecular weight is 284 g/mol. The Morgan fingerprint density at radius 1 is 1.14 bits per heavy atom. The topological polar surface area (TPSA) is 67.4 Å². The fourth-order valence-electron chi connectivity index (χ4n) is 1.84. The third-order valence-electron chi connectivity index (χ3n) is 2.77. The van der Waals surface area contributed by atoms with Crippen molar-refractivity contribution in [3.8, 4) is 5.75 Å². The van der Waals surface area contributed by atoms with E-state index in [4.69, 9.17) is 4.74 Å². The third kappa shape index (κ3) is 4.07. The Labute approximate surface area is 122 Å². The van der Waals surface area contributed by atoms with E-state index >= 15 is 0 Å². The Morgan fingerprint density at radius 2 is 1.90 bits per heavy atom. The summed E-state index contributed by atoms with van der Waals surface area (Å²) in [6.07, 6.45) is 1.52. The molecule has 0 spiro atoms. The van der Waals surface area contributed by atoms with E-state index in [2.05, 4.69) is 17.2 Å². The molecule has 0 aliphatic carbocycles. The molecule has 0 unspecified atom stereocenters. The number of urea groups is 1. The largest absolute Gasteiger partial charge is 0.483 e. The van der Waals surface area contributed by atoms with Crippen LogP contribution in [0.3, 0.4) is 0 Å². The summed E-state index contributed by atoms with van der Waals surface area (Å²) in [5.41, 5.74) is 0. The third-order valence-corrected chi connectivity index (χ3v) is 2.77. The molecule has 0 saturated heterocycles. The molecule has 108 valence electrons. The maximum Gasteiger partial charge on any atom is 0.321 e. The number of hydrogen-bond donors (Lipinski definition) is 2. The highest BCUT2D eigenvalue weighted by molar-refractivity contribution is 5.95. The van der Waals surface area contributed by atoms with Gasteiger partial charge in [-0.05, 0) is 11.5 Å². The standard InChI is InChI=1S/C16H16N2O3/c1-2-10-17-16(20)18-15(19)11-21-14-9-5-7-12-6-3-4-8-13(12)14/h2-9H,1,10-11H2,(H2,17,18,19,20). The average Bonchev–Trinajstić information content (AvgIpc) is 2.51. The fourth-order valence-corrected chi connectivity index (χ4v) is 1.84. The van der Waals surface area contributed by atoms with Crippen LogP contribution in [-0.2, 0) is 4.79 Å². The van der Waals surface area contributed by atoms with Gasteiger partial charge in [-0.3, -0.25) is 10.1 Å². The summed E-state index contributed by atoms with van der Waals surface area (Å²) >= 11 is 0. The first-order chi connectivity index (χ1) is 10.2. The van der Waals surface area contributed by atoms with Crippen LogP contribution in [0.5, 0.6) is 5.75 Å². The van der Waals surface area contributed by atoms with Crippen molar-refractivity contribution in [2.45, 2.75) is 0 Å². The highest BCUT2D eigenvalue weighted by atomic mass is 16.5. The summed E-state index contributed by atoms with van der Waals surface area (Å²) in [5, 5.41) is 6.57. The Balaban J connectivity index is 1.94. The smallest absolute Gasteiger partial charge is 0.321 e. The van der Waals surface area contributed by atoms with Gasteiger partial charge >= 0.3 is 6.03 Å². The van der Waals surface area contributed by atoms with E-state index in [9.17, 15) is 9.59 Å². The number of imide groups is 1. The number of carbonyl (C=O) groups is 2. The van der Waals surface area contributed by atoms with Gasteiger partial charge in [0.05, 0.1) is 0 Å². The van der Waals surface area contributed by atoms with Gasteiger partial charge in [-0.15, -0.1) is 6.58 Å². The van der Waals surface area contributed by atoms with E-state index in [0.717, 1.165) is 10.8 Å². The Hall–Kier alpha value is -2.82. The van der Waals surface area contributed by atoms with Crippen LogP contribution in [0.15, 0.2) is 55.1 Å². The van der Waals surface area contributed by atoms with Gasteiger partial charge in [0, 0.05) is 11.9 Å².